The van der Waals surface area contributed by atoms with Crippen LogP contribution in [-0.4, -0.2) is 38.9 Å². The highest BCUT2D eigenvalue weighted by atomic mass is 79.9. The second kappa shape index (κ2) is 5.55. The molecule has 2 aromatic heterocycles. The lowest BCUT2D eigenvalue weighted by atomic mass is 9.95. The molecule has 1 N–H and O–H groups in total. The molecule has 108 valence electrons. The molecule has 5 nitrogen and oxygen atoms in total. The van der Waals surface area contributed by atoms with E-state index in [1.165, 1.54) is 0 Å². The van der Waals surface area contributed by atoms with Crippen molar-refractivity contribution in [1.82, 2.24) is 15.1 Å². The van der Waals surface area contributed by atoms with Crippen molar-refractivity contribution in [2.24, 2.45) is 0 Å². The van der Waals surface area contributed by atoms with Crippen LogP contribution in [0.25, 0.3) is 10.8 Å². The molecule has 0 saturated carbocycles. The van der Waals surface area contributed by atoms with Crippen molar-refractivity contribution in [2.45, 2.75) is 31.9 Å². The predicted molar refractivity (Wildman–Crippen MR) is 80.4 cm³/mol. The number of nitrogens with zero attached hydrogens (tertiary/aromatic N) is 3. The Morgan fingerprint density at radius 3 is 3.05 bits per heavy atom. The minimum atomic E-state index is -0.611. The van der Waals surface area contributed by atoms with Crippen molar-refractivity contribution < 1.29 is 9.52 Å². The number of hydrogen-bond acceptors (Lipinski definition) is 6. The first-order valence-electron chi connectivity index (χ1n) is 6.55. The molecular formula is C13H16BrN3O2S. The Balaban J connectivity index is 1.68. The van der Waals surface area contributed by atoms with E-state index in [4.69, 9.17) is 4.42 Å². The monoisotopic (exact) mass is 357 g/mol. The van der Waals surface area contributed by atoms with Crippen molar-refractivity contribution >= 4 is 27.3 Å². The zero-order valence-electron chi connectivity index (χ0n) is 11.2. The fraction of sp³-hybridized carbons (Fsp3) is 0.538. The topological polar surface area (TPSA) is 62.4 Å². The molecule has 3 heterocycles. The molecule has 0 spiro atoms. The van der Waals surface area contributed by atoms with Gasteiger partial charge in [0.25, 0.3) is 5.89 Å². The van der Waals surface area contributed by atoms with Crippen molar-refractivity contribution in [2.75, 3.05) is 13.1 Å². The Morgan fingerprint density at radius 1 is 1.50 bits per heavy atom. The van der Waals surface area contributed by atoms with Gasteiger partial charge in [-0.05, 0) is 54.4 Å². The first kappa shape index (κ1) is 14.2. The maximum atomic E-state index is 10.1. The lowest BCUT2D eigenvalue weighted by molar-refractivity contribution is -0.0202. The van der Waals surface area contributed by atoms with Crippen molar-refractivity contribution in [1.29, 1.82) is 0 Å². The molecule has 0 bridgehead atoms. The quantitative estimate of drug-likeness (QED) is 0.914. The minimum Gasteiger partial charge on any atom is -0.419 e. The Kier molecular flexibility index (Phi) is 3.94. The number of aliphatic hydroxyl groups is 1. The van der Waals surface area contributed by atoms with Gasteiger partial charge in [0.15, 0.2) is 0 Å². The highest BCUT2D eigenvalue weighted by Crippen LogP contribution is 2.30. The zero-order valence-corrected chi connectivity index (χ0v) is 13.6. The average Bonchev–Trinajstić information content (AvgIpc) is 2.97. The van der Waals surface area contributed by atoms with E-state index in [-0.39, 0.29) is 0 Å². The average molecular weight is 358 g/mol. The largest absolute Gasteiger partial charge is 0.419 e. The van der Waals surface area contributed by atoms with Gasteiger partial charge in [-0.2, -0.15) is 0 Å². The van der Waals surface area contributed by atoms with Crippen LogP contribution in [0.2, 0.25) is 0 Å². The summed E-state index contributed by atoms with van der Waals surface area (Å²) in [5.41, 5.74) is -0.611. The summed E-state index contributed by atoms with van der Waals surface area (Å²) in [6.07, 6.45) is 1.84. The maximum Gasteiger partial charge on any atom is 0.257 e. The summed E-state index contributed by atoms with van der Waals surface area (Å²) in [5, 5.41) is 18.3. The number of thiophene rings is 1. The van der Waals surface area contributed by atoms with Crippen molar-refractivity contribution in [3.05, 3.63) is 21.8 Å². The number of hydrogen-bond donors (Lipinski definition) is 1. The zero-order chi connectivity index (χ0) is 14.2. The second-order valence-electron chi connectivity index (χ2n) is 5.42. The third-order valence-electron chi connectivity index (χ3n) is 3.36. The summed E-state index contributed by atoms with van der Waals surface area (Å²) >= 11 is 4.99. The number of rotatable bonds is 3. The van der Waals surface area contributed by atoms with E-state index in [1.54, 1.807) is 11.3 Å². The van der Waals surface area contributed by atoms with Gasteiger partial charge in [-0.1, -0.05) is 0 Å². The molecule has 20 heavy (non-hydrogen) atoms. The maximum absolute atomic E-state index is 10.1. The molecule has 1 aliphatic rings. The van der Waals surface area contributed by atoms with Gasteiger partial charge in [-0.15, -0.1) is 21.5 Å². The van der Waals surface area contributed by atoms with Gasteiger partial charge in [0.05, 0.1) is 20.8 Å². The first-order valence-corrected chi connectivity index (χ1v) is 8.16. The van der Waals surface area contributed by atoms with E-state index in [2.05, 4.69) is 31.0 Å². The molecule has 0 aliphatic carbocycles. The van der Waals surface area contributed by atoms with Crippen LogP contribution in [0.1, 0.15) is 25.7 Å². The van der Waals surface area contributed by atoms with Crippen molar-refractivity contribution in [3.8, 4) is 10.8 Å². The fourth-order valence-electron chi connectivity index (χ4n) is 2.50. The lowest BCUT2D eigenvalue weighted by Crippen LogP contribution is -2.45. The summed E-state index contributed by atoms with van der Waals surface area (Å²) in [6, 6.07) is 3.92. The Morgan fingerprint density at radius 2 is 2.35 bits per heavy atom. The lowest BCUT2D eigenvalue weighted by Gasteiger charge is -2.35. The standard InChI is InChI=1S/C13H16BrN3O2S/c1-13(18)5-2-6-17(8-13)7-11-15-16-12(19-11)9-3-4-10(14)20-9/h3-4,18H,2,5-8H2,1H3. The Labute approximate surface area is 129 Å². The molecule has 1 unspecified atom stereocenters. The number of piperidine rings is 1. The van der Waals surface area contributed by atoms with Crippen LogP contribution in [0.15, 0.2) is 20.3 Å². The molecule has 1 saturated heterocycles. The van der Waals surface area contributed by atoms with Gasteiger partial charge in [0.2, 0.25) is 5.89 Å². The fourth-order valence-corrected chi connectivity index (χ4v) is 3.80. The third-order valence-corrected chi connectivity index (χ3v) is 4.98. The van der Waals surface area contributed by atoms with Gasteiger partial charge in [0.1, 0.15) is 0 Å². The highest BCUT2D eigenvalue weighted by molar-refractivity contribution is 9.11. The number of β-amino-alcohol motifs (C(OH)–C–C–N with tert-alkyl or cyclic N) is 1. The molecule has 1 aliphatic heterocycles. The predicted octanol–water partition coefficient (Wildman–Crippen LogP) is 2.91. The van der Waals surface area contributed by atoms with Crippen LogP contribution >= 0.6 is 27.3 Å². The van der Waals surface area contributed by atoms with E-state index in [0.29, 0.717) is 24.9 Å². The summed E-state index contributed by atoms with van der Waals surface area (Å²) in [4.78, 5) is 3.12. The van der Waals surface area contributed by atoms with Gasteiger partial charge in [-0.25, -0.2) is 0 Å². The van der Waals surface area contributed by atoms with Crippen LogP contribution in [0.3, 0.4) is 0 Å². The summed E-state index contributed by atoms with van der Waals surface area (Å²) in [5.74, 6) is 1.15. The smallest absolute Gasteiger partial charge is 0.257 e. The van der Waals surface area contributed by atoms with E-state index in [1.807, 2.05) is 19.1 Å². The van der Waals surface area contributed by atoms with Crippen LogP contribution in [0.4, 0.5) is 0 Å². The van der Waals surface area contributed by atoms with Crippen LogP contribution in [-0.2, 0) is 6.54 Å². The number of likely N-dealkylation sites (tertiary alicyclic amines) is 1. The summed E-state index contributed by atoms with van der Waals surface area (Å²) < 4.78 is 6.74. The van der Waals surface area contributed by atoms with Crippen LogP contribution < -0.4 is 0 Å². The van der Waals surface area contributed by atoms with Gasteiger partial charge < -0.3 is 9.52 Å². The molecular weight excluding hydrogens is 342 g/mol. The molecule has 0 radical (unpaired) electrons. The van der Waals surface area contributed by atoms with Crippen LogP contribution in [0.5, 0.6) is 0 Å². The molecule has 1 atom stereocenters. The SMILES string of the molecule is CC1(O)CCCN(Cc2nnc(-c3ccc(Br)s3)o2)C1. The van der Waals surface area contributed by atoms with Gasteiger partial charge in [-0.3, -0.25) is 4.90 Å². The second-order valence-corrected chi connectivity index (χ2v) is 7.88. The first-order chi connectivity index (χ1) is 9.52. The summed E-state index contributed by atoms with van der Waals surface area (Å²) in [7, 11) is 0. The molecule has 2 aromatic rings. The van der Waals surface area contributed by atoms with E-state index >= 15 is 0 Å². The number of aromatic nitrogens is 2. The van der Waals surface area contributed by atoms with Crippen LogP contribution in [0, 0.1) is 0 Å². The summed E-state index contributed by atoms with van der Waals surface area (Å²) in [6.45, 7) is 4.07. The Hall–Kier alpha value is -0.760. The molecule has 7 heteroatoms. The molecule has 3 rings (SSSR count). The normalized spacial score (nSPS) is 24.1. The third kappa shape index (κ3) is 3.28. The Bertz CT molecular complexity index is 596. The molecule has 0 aromatic carbocycles. The number of halogens is 1. The minimum absolute atomic E-state index is 0.555. The molecule has 1 fully saturated rings. The van der Waals surface area contributed by atoms with Crippen molar-refractivity contribution in [3.63, 3.8) is 0 Å². The molecule has 0 amide bonds. The van der Waals surface area contributed by atoms with E-state index in [0.717, 1.165) is 28.0 Å². The van der Waals surface area contributed by atoms with Gasteiger partial charge >= 0.3 is 0 Å². The highest BCUT2D eigenvalue weighted by Gasteiger charge is 2.29. The van der Waals surface area contributed by atoms with E-state index < -0.39 is 5.60 Å². The van der Waals surface area contributed by atoms with Gasteiger partial charge in [0, 0.05) is 6.54 Å². The van der Waals surface area contributed by atoms with E-state index in [9.17, 15) is 5.11 Å².